The topological polar surface area (TPSA) is 48.4 Å². The van der Waals surface area contributed by atoms with Gasteiger partial charge in [-0.15, -0.1) is 0 Å². The third kappa shape index (κ3) is 4.81. The number of nitrogens with zero attached hydrogens (tertiary/aromatic N) is 2. The van der Waals surface area contributed by atoms with Crippen LogP contribution in [0.15, 0.2) is 18.3 Å². The molecule has 0 aliphatic rings. The summed E-state index contributed by atoms with van der Waals surface area (Å²) < 4.78 is 13.0. The summed E-state index contributed by atoms with van der Waals surface area (Å²) in [6, 6.07) is 3.60. The van der Waals surface area contributed by atoms with E-state index in [0.29, 0.717) is 18.5 Å². The van der Waals surface area contributed by atoms with E-state index in [1.54, 1.807) is 6.07 Å². The molecule has 0 aliphatic carbocycles. The quantitative estimate of drug-likeness (QED) is 0.764. The van der Waals surface area contributed by atoms with Gasteiger partial charge in [-0.2, -0.15) is 0 Å². The summed E-state index contributed by atoms with van der Waals surface area (Å²) in [4.78, 5) is 6.40. The first-order valence-corrected chi connectivity index (χ1v) is 7.13. The van der Waals surface area contributed by atoms with Crippen LogP contribution in [0.3, 0.4) is 0 Å². The van der Waals surface area contributed by atoms with E-state index in [1.165, 1.54) is 12.3 Å². The first-order valence-electron chi connectivity index (χ1n) is 7.13. The molecule has 2 N–H and O–H groups in total. The van der Waals surface area contributed by atoms with Gasteiger partial charge in [0.2, 0.25) is 0 Å². The summed E-state index contributed by atoms with van der Waals surface area (Å²) in [6.07, 6.45) is 1.25. The molecule has 2 atom stereocenters. The first-order chi connectivity index (χ1) is 9.49. The van der Waals surface area contributed by atoms with E-state index >= 15 is 0 Å². The van der Waals surface area contributed by atoms with Crippen molar-refractivity contribution >= 4 is 0 Å². The summed E-state index contributed by atoms with van der Waals surface area (Å²) >= 11 is 0. The summed E-state index contributed by atoms with van der Waals surface area (Å²) in [6.45, 7) is 8.04. The van der Waals surface area contributed by atoms with Crippen LogP contribution in [0.2, 0.25) is 0 Å². The van der Waals surface area contributed by atoms with Crippen LogP contribution in [0.4, 0.5) is 4.39 Å². The van der Waals surface area contributed by atoms with E-state index in [2.05, 4.69) is 36.0 Å². The summed E-state index contributed by atoms with van der Waals surface area (Å²) in [5.74, 6) is -0.0211. The summed E-state index contributed by atoms with van der Waals surface area (Å²) in [5.41, 5.74) is 0.842. The Bertz CT molecular complexity index is 383. The van der Waals surface area contributed by atoms with Gasteiger partial charge in [0.15, 0.2) is 0 Å². The lowest BCUT2D eigenvalue weighted by atomic mass is 9.97. The molecule has 0 saturated carbocycles. The fraction of sp³-hybridized carbons (Fsp3) is 0.667. The van der Waals surface area contributed by atoms with Crippen molar-refractivity contribution in [3.05, 3.63) is 29.8 Å². The van der Waals surface area contributed by atoms with Gasteiger partial charge in [-0.1, -0.05) is 6.92 Å². The molecule has 1 aromatic heterocycles. The van der Waals surface area contributed by atoms with Gasteiger partial charge in [0, 0.05) is 19.1 Å². The van der Waals surface area contributed by atoms with E-state index in [4.69, 9.17) is 5.11 Å². The van der Waals surface area contributed by atoms with Crippen LogP contribution in [-0.2, 0) is 0 Å². The highest BCUT2D eigenvalue weighted by atomic mass is 19.1. The molecule has 0 saturated heterocycles. The molecule has 1 rings (SSSR count). The van der Waals surface area contributed by atoms with Gasteiger partial charge >= 0.3 is 0 Å². The summed E-state index contributed by atoms with van der Waals surface area (Å²) in [5, 5.41) is 12.4. The number of nitrogens with one attached hydrogen (secondary N) is 1. The zero-order chi connectivity index (χ0) is 15.1. The lowest BCUT2D eigenvalue weighted by molar-refractivity contribution is 0.138. The summed E-state index contributed by atoms with van der Waals surface area (Å²) in [7, 11) is 1.89. The maximum atomic E-state index is 13.0. The fourth-order valence-electron chi connectivity index (χ4n) is 2.46. The van der Waals surface area contributed by atoms with Crippen LogP contribution in [-0.4, -0.2) is 47.8 Å². The Morgan fingerprint density at radius 1 is 1.35 bits per heavy atom. The second-order valence-corrected chi connectivity index (χ2v) is 5.46. The van der Waals surface area contributed by atoms with Crippen LogP contribution in [0.25, 0.3) is 0 Å². The average Bonchev–Trinajstić information content (AvgIpc) is 2.41. The molecule has 2 unspecified atom stereocenters. The third-order valence-electron chi connectivity index (χ3n) is 3.59. The van der Waals surface area contributed by atoms with Crippen LogP contribution in [0.1, 0.15) is 32.5 Å². The molecule has 20 heavy (non-hydrogen) atoms. The largest absolute Gasteiger partial charge is 0.395 e. The second kappa shape index (κ2) is 8.29. The molecule has 0 aromatic carbocycles. The highest BCUT2D eigenvalue weighted by molar-refractivity contribution is 5.10. The smallest absolute Gasteiger partial charge is 0.141 e. The van der Waals surface area contributed by atoms with E-state index in [-0.39, 0.29) is 18.5 Å². The normalized spacial score (nSPS) is 14.8. The molecule has 5 heteroatoms. The molecule has 0 bridgehead atoms. The Kier molecular flexibility index (Phi) is 7.05. The molecule has 0 fully saturated rings. The molecular weight excluding hydrogens is 257 g/mol. The lowest BCUT2D eigenvalue weighted by Gasteiger charge is -2.32. The van der Waals surface area contributed by atoms with Crippen LogP contribution in [0.5, 0.6) is 0 Å². The number of pyridine rings is 1. The highest BCUT2D eigenvalue weighted by Gasteiger charge is 2.22. The lowest BCUT2D eigenvalue weighted by Crippen LogP contribution is -2.40. The van der Waals surface area contributed by atoms with Crippen LogP contribution in [0, 0.1) is 11.7 Å². The predicted molar refractivity (Wildman–Crippen MR) is 79.0 cm³/mol. The maximum Gasteiger partial charge on any atom is 0.141 e. The minimum absolute atomic E-state index is 0.0653. The van der Waals surface area contributed by atoms with Gasteiger partial charge in [-0.05, 0) is 38.9 Å². The van der Waals surface area contributed by atoms with Crippen molar-refractivity contribution < 1.29 is 9.50 Å². The van der Waals surface area contributed by atoms with Crippen molar-refractivity contribution in [2.75, 3.05) is 26.7 Å². The third-order valence-corrected chi connectivity index (χ3v) is 3.59. The number of hydrogen-bond acceptors (Lipinski definition) is 4. The van der Waals surface area contributed by atoms with E-state index in [0.717, 1.165) is 12.2 Å². The zero-order valence-electron chi connectivity index (χ0n) is 12.8. The molecule has 114 valence electrons. The first kappa shape index (κ1) is 17.0. The van der Waals surface area contributed by atoms with Crippen LogP contribution < -0.4 is 5.32 Å². The molecule has 0 amide bonds. The number of halogens is 1. The minimum atomic E-state index is -0.319. The molecule has 0 radical (unpaired) electrons. The Morgan fingerprint density at radius 3 is 2.50 bits per heavy atom. The van der Waals surface area contributed by atoms with Crippen molar-refractivity contribution in [3.63, 3.8) is 0 Å². The standard InChI is InChI=1S/C15H26FN3O/c1-11(2)19(7-8-20)10-12(3)15(17-4)14-6-5-13(16)9-18-14/h5-6,9,11-12,15,17,20H,7-8,10H2,1-4H3. The van der Waals surface area contributed by atoms with Gasteiger partial charge in [0.25, 0.3) is 0 Å². The number of aromatic nitrogens is 1. The fourth-order valence-corrected chi connectivity index (χ4v) is 2.46. The minimum Gasteiger partial charge on any atom is -0.395 e. The highest BCUT2D eigenvalue weighted by Crippen LogP contribution is 2.21. The predicted octanol–water partition coefficient (Wildman–Crippen LogP) is 1.82. The number of aliphatic hydroxyl groups excluding tert-OH is 1. The van der Waals surface area contributed by atoms with Crippen molar-refractivity contribution in [3.8, 4) is 0 Å². The van der Waals surface area contributed by atoms with Crippen molar-refractivity contribution in [1.29, 1.82) is 0 Å². The maximum absolute atomic E-state index is 13.0. The van der Waals surface area contributed by atoms with Gasteiger partial charge in [-0.3, -0.25) is 9.88 Å². The molecule has 0 aliphatic heterocycles. The van der Waals surface area contributed by atoms with Gasteiger partial charge in [0.1, 0.15) is 5.82 Å². The Hall–Kier alpha value is -1.04. The molecular formula is C15H26FN3O. The van der Waals surface area contributed by atoms with Crippen LogP contribution >= 0.6 is 0 Å². The second-order valence-electron chi connectivity index (χ2n) is 5.46. The van der Waals surface area contributed by atoms with Crippen molar-refractivity contribution in [2.24, 2.45) is 5.92 Å². The van der Waals surface area contributed by atoms with Gasteiger partial charge in [-0.25, -0.2) is 4.39 Å². The Labute approximate surface area is 121 Å². The average molecular weight is 283 g/mol. The van der Waals surface area contributed by atoms with Gasteiger partial charge in [0.05, 0.1) is 24.5 Å². The molecule has 4 nitrogen and oxygen atoms in total. The number of rotatable bonds is 8. The van der Waals surface area contributed by atoms with Gasteiger partial charge < -0.3 is 10.4 Å². The Morgan fingerprint density at radius 2 is 2.05 bits per heavy atom. The molecule has 1 heterocycles. The zero-order valence-corrected chi connectivity index (χ0v) is 12.8. The van der Waals surface area contributed by atoms with Crippen molar-refractivity contribution in [2.45, 2.75) is 32.9 Å². The monoisotopic (exact) mass is 283 g/mol. The van der Waals surface area contributed by atoms with E-state index in [1.807, 2.05) is 7.05 Å². The molecule has 0 spiro atoms. The van der Waals surface area contributed by atoms with E-state index in [9.17, 15) is 4.39 Å². The SMILES string of the molecule is CNC(c1ccc(F)cn1)C(C)CN(CCO)C(C)C. The number of hydrogen-bond donors (Lipinski definition) is 2. The number of aliphatic hydroxyl groups is 1. The van der Waals surface area contributed by atoms with E-state index < -0.39 is 0 Å². The van der Waals surface area contributed by atoms with Crippen molar-refractivity contribution in [1.82, 2.24) is 15.2 Å². The molecule has 1 aromatic rings. The Balaban J connectivity index is 2.75.